The van der Waals surface area contributed by atoms with Crippen LogP contribution < -0.4 is 18.9 Å². The van der Waals surface area contributed by atoms with Gasteiger partial charge in [0.15, 0.2) is 0 Å². The summed E-state index contributed by atoms with van der Waals surface area (Å²) in [4.78, 5) is 124. The maximum Gasteiger partial charge on any atom is 0.342 e. The van der Waals surface area contributed by atoms with Crippen LogP contribution in [0.1, 0.15) is 160 Å². The zero-order valence-electron chi connectivity index (χ0n) is 53.4. The minimum absolute atomic E-state index is 0.0362. The molecular weight excluding hydrogens is 1160 g/mol. The van der Waals surface area contributed by atoms with Gasteiger partial charge in [-0.1, -0.05) is 40.9 Å². The molecule has 3 aliphatic rings. The molecule has 498 valence electrons. The quantitative estimate of drug-likeness (QED) is 0.0178. The van der Waals surface area contributed by atoms with Gasteiger partial charge in [0, 0.05) is 32.5 Å². The number of ether oxygens (including phenoxy) is 12. The first kappa shape index (κ1) is 79.5. The van der Waals surface area contributed by atoms with Gasteiger partial charge in [-0.25, -0.2) is 14.4 Å². The summed E-state index contributed by atoms with van der Waals surface area (Å²) in [6.45, 7) is 23.3. The van der Waals surface area contributed by atoms with Crippen LogP contribution in [0.3, 0.4) is 0 Å². The molecule has 0 aliphatic heterocycles. The lowest BCUT2D eigenvalue weighted by atomic mass is 9.82. The van der Waals surface area contributed by atoms with E-state index in [0.29, 0.717) is 153 Å². The number of aliphatic hydroxyl groups is 1. The van der Waals surface area contributed by atoms with Crippen LogP contribution in [-0.2, 0) is 81.0 Å². The van der Waals surface area contributed by atoms with E-state index in [4.69, 9.17) is 57.2 Å². The Morgan fingerprint density at radius 3 is 1.15 bits per heavy atom. The summed E-state index contributed by atoms with van der Waals surface area (Å²) in [6.07, 6.45) is 9.18. The van der Waals surface area contributed by atoms with Crippen LogP contribution in [0.4, 0.5) is 0 Å². The van der Waals surface area contributed by atoms with Crippen LogP contribution in [0.25, 0.3) is 0 Å². The molecule has 1 N–H and O–H groups in total. The third kappa shape index (κ3) is 31.5. The van der Waals surface area contributed by atoms with Crippen molar-refractivity contribution < 1.29 is 110 Å². The fourth-order valence-electron chi connectivity index (χ4n) is 9.27. The summed E-state index contributed by atoms with van der Waals surface area (Å²) in [7, 11) is 1.00. The van der Waals surface area contributed by atoms with Gasteiger partial charge in [0.05, 0.1) is 75.1 Å². The number of rotatable bonds is 32. The van der Waals surface area contributed by atoms with Gasteiger partial charge in [0.2, 0.25) is 0 Å². The van der Waals surface area contributed by atoms with E-state index in [1.807, 2.05) is 34.6 Å². The largest absolute Gasteiger partial charge is 0.465 e. The Morgan fingerprint density at radius 2 is 0.775 bits per heavy atom. The molecule has 5 rings (SSSR count). The van der Waals surface area contributed by atoms with Crippen LogP contribution in [-0.4, -0.2) is 138 Å². The predicted molar refractivity (Wildman–Crippen MR) is 325 cm³/mol. The number of esters is 9. The number of unbranched alkanes of at least 4 members (excludes halogenated alkanes) is 2. The third-order valence-electron chi connectivity index (χ3n) is 14.0. The average molecular weight is 1260 g/mol. The summed E-state index contributed by atoms with van der Waals surface area (Å²) in [5, 5.41) is 7.00. The zero-order valence-corrected chi connectivity index (χ0v) is 53.4. The van der Waals surface area contributed by atoms with Gasteiger partial charge >= 0.3 is 53.7 Å². The van der Waals surface area contributed by atoms with E-state index in [1.165, 1.54) is 18.2 Å². The molecule has 0 spiro atoms. The molecule has 0 radical (unpaired) electrons. The smallest absolute Gasteiger partial charge is 0.342 e. The van der Waals surface area contributed by atoms with Crippen molar-refractivity contribution in [1.82, 2.24) is 0 Å². The number of hydrogen-bond donors (Lipinski definition) is 1. The SMILES string of the molecule is C=CC(=O)OCCCCOC(=O)C1CCC(C(=O)Oc2ccc(OC(=O)C3CCC(C(=O)Oc4ccc(OC(=O)C5CCC(C(=O)OCCCCOC(=O)C=C)CC5)cc4C(=O)OCCOCC)CC3)c(C)c2)CC1.CC.CC.CCOCCOC=O.CO. The molecule has 3 saturated carbocycles. The molecule has 0 amide bonds. The highest BCUT2D eigenvalue weighted by Gasteiger charge is 2.36. The second-order valence-corrected chi connectivity index (χ2v) is 19.9. The van der Waals surface area contributed by atoms with Crippen LogP contribution in [0.15, 0.2) is 61.7 Å². The van der Waals surface area contributed by atoms with E-state index in [9.17, 15) is 47.9 Å². The Balaban J connectivity index is 0.00000256. The van der Waals surface area contributed by atoms with Crippen molar-refractivity contribution in [3.8, 4) is 23.0 Å². The van der Waals surface area contributed by atoms with Gasteiger partial charge < -0.3 is 61.9 Å². The molecule has 23 nitrogen and oxygen atoms in total. The van der Waals surface area contributed by atoms with E-state index in [0.717, 1.165) is 19.3 Å². The molecule has 0 saturated heterocycles. The van der Waals surface area contributed by atoms with E-state index >= 15 is 0 Å². The molecule has 23 heteroatoms. The second kappa shape index (κ2) is 48.4. The summed E-state index contributed by atoms with van der Waals surface area (Å²) in [5.41, 5.74) is 0.434. The van der Waals surface area contributed by atoms with Crippen molar-refractivity contribution in [2.75, 3.05) is 73.2 Å². The first-order valence-electron chi connectivity index (χ1n) is 31.0. The molecular formula is C66H96O23. The zero-order chi connectivity index (χ0) is 66.4. The summed E-state index contributed by atoms with van der Waals surface area (Å²) >= 11 is 0. The topological polar surface area (TPSA) is 302 Å². The predicted octanol–water partition coefficient (Wildman–Crippen LogP) is 9.89. The van der Waals surface area contributed by atoms with Crippen molar-refractivity contribution in [3.63, 3.8) is 0 Å². The number of benzene rings is 2. The molecule has 0 heterocycles. The summed E-state index contributed by atoms with van der Waals surface area (Å²) in [5.74, 6) is -6.62. The lowest BCUT2D eigenvalue weighted by Crippen LogP contribution is -2.31. The number of aryl methyl sites for hydroxylation is 1. The van der Waals surface area contributed by atoms with E-state index in [2.05, 4.69) is 17.9 Å². The van der Waals surface area contributed by atoms with Gasteiger partial charge in [-0.2, -0.15) is 0 Å². The third-order valence-corrected chi connectivity index (χ3v) is 14.0. The highest BCUT2D eigenvalue weighted by atomic mass is 16.6. The molecule has 2 aromatic rings. The highest BCUT2D eigenvalue weighted by molar-refractivity contribution is 5.94. The molecule has 0 aromatic heterocycles. The minimum Gasteiger partial charge on any atom is -0.465 e. The Kier molecular flexibility index (Phi) is 43.3. The molecule has 3 aliphatic carbocycles. The first-order valence-corrected chi connectivity index (χ1v) is 31.0. The normalized spacial score (nSPS) is 18.0. The Hall–Kier alpha value is -7.50. The maximum atomic E-state index is 13.5. The summed E-state index contributed by atoms with van der Waals surface area (Å²) in [6, 6.07) is 8.79. The van der Waals surface area contributed by atoms with Gasteiger partial charge in [0.1, 0.15) is 41.8 Å². The molecule has 0 bridgehead atoms. The van der Waals surface area contributed by atoms with Crippen molar-refractivity contribution in [2.24, 2.45) is 35.5 Å². The maximum absolute atomic E-state index is 13.5. The van der Waals surface area contributed by atoms with Crippen molar-refractivity contribution >= 4 is 60.2 Å². The lowest BCUT2D eigenvalue weighted by molar-refractivity contribution is -0.152. The molecule has 3 fully saturated rings. The van der Waals surface area contributed by atoms with Crippen molar-refractivity contribution in [3.05, 3.63) is 72.8 Å². The molecule has 2 aromatic carbocycles. The monoisotopic (exact) mass is 1260 g/mol. The summed E-state index contributed by atoms with van der Waals surface area (Å²) < 4.78 is 63.4. The number of carbonyl (C=O) groups is 10. The van der Waals surface area contributed by atoms with Crippen LogP contribution in [0, 0.1) is 42.4 Å². The van der Waals surface area contributed by atoms with Gasteiger partial charge in [0.25, 0.3) is 6.47 Å². The minimum atomic E-state index is -0.824. The molecule has 0 unspecified atom stereocenters. The fraction of sp³-hybridized carbons (Fsp3) is 0.606. The van der Waals surface area contributed by atoms with Gasteiger partial charge in [-0.15, -0.1) is 0 Å². The van der Waals surface area contributed by atoms with Crippen LogP contribution >= 0.6 is 0 Å². The molecule has 89 heavy (non-hydrogen) atoms. The van der Waals surface area contributed by atoms with Crippen molar-refractivity contribution in [1.29, 1.82) is 0 Å². The van der Waals surface area contributed by atoms with E-state index < -0.39 is 59.5 Å². The Labute approximate surface area is 524 Å². The van der Waals surface area contributed by atoms with E-state index in [-0.39, 0.29) is 86.4 Å². The average Bonchev–Trinajstić information content (AvgIpc) is 2.44. The fourth-order valence-corrected chi connectivity index (χ4v) is 9.27. The highest BCUT2D eigenvalue weighted by Crippen LogP contribution is 2.36. The standard InChI is InChI=1S/C56H70O19.C5H10O3.2C2H6.CH4O/c1-5-48(57)67-28-8-10-30-69-50(59)37-12-16-39(17-13-37)52(61)72-43-24-26-46(36(4)34-43)74-54(63)41-20-22-42(23-21-41)55(64)75-47-27-25-44(35-45(47)56(65)71-33-32-66-7-3)73-53(62)40-18-14-38(15-19-40)51(60)70-31-11-9-29-68-49(58)6-2;1-2-7-3-4-8-5-6;3*1-2/h5-6,24-27,34-35,37-42H,1-2,7-23,28-33H2,3-4H3;5H,2-4H2,1H3;2*1-2H3;2H,1H3. The van der Waals surface area contributed by atoms with Crippen LogP contribution in [0.2, 0.25) is 0 Å². The first-order chi connectivity index (χ1) is 43.1. The van der Waals surface area contributed by atoms with Gasteiger partial charge in [-0.05, 0) is 165 Å². The van der Waals surface area contributed by atoms with Crippen molar-refractivity contribution in [2.45, 2.75) is 151 Å². The van der Waals surface area contributed by atoms with E-state index in [1.54, 1.807) is 32.0 Å². The number of aliphatic hydroxyl groups excluding tert-OH is 1. The second-order valence-electron chi connectivity index (χ2n) is 19.9. The van der Waals surface area contributed by atoms with Gasteiger partial charge in [-0.3, -0.25) is 33.6 Å². The Bertz CT molecular complexity index is 2460. The molecule has 0 atom stereocenters. The number of hydrogen-bond acceptors (Lipinski definition) is 23. The van der Waals surface area contributed by atoms with Crippen LogP contribution in [0.5, 0.6) is 23.0 Å². The Morgan fingerprint density at radius 1 is 0.438 bits per heavy atom. The lowest BCUT2D eigenvalue weighted by Gasteiger charge is -2.26. The number of carbonyl (C=O) groups excluding carboxylic acids is 10.